The summed E-state index contributed by atoms with van der Waals surface area (Å²) in [6, 6.07) is 0. The Morgan fingerprint density at radius 3 is 2.70 bits per heavy atom. The minimum atomic E-state index is -0.514. The molecule has 1 aromatic heterocycles. The van der Waals surface area contributed by atoms with Gasteiger partial charge in [-0.05, 0) is 36.5 Å². The summed E-state index contributed by atoms with van der Waals surface area (Å²) in [6.45, 7) is 8.11. The highest BCUT2D eigenvalue weighted by atomic mass is 32.1. The largest absolute Gasteiger partial charge is 0.345 e. The summed E-state index contributed by atoms with van der Waals surface area (Å²) in [6.07, 6.45) is 3.26. The first-order valence-electron chi connectivity index (χ1n) is 6.29. The van der Waals surface area contributed by atoms with E-state index in [0.717, 1.165) is 17.5 Å². The van der Waals surface area contributed by atoms with E-state index in [4.69, 9.17) is 0 Å². The number of carbonyl (C=O) groups is 1. The van der Waals surface area contributed by atoms with Crippen LogP contribution in [-0.2, 0) is 4.79 Å². The molecule has 1 aliphatic carbocycles. The van der Waals surface area contributed by atoms with Gasteiger partial charge in [0, 0.05) is 0 Å². The third-order valence-electron chi connectivity index (χ3n) is 3.61. The molecule has 1 heterocycles. The summed E-state index contributed by atoms with van der Waals surface area (Å²) in [4.78, 5) is 26.1. The van der Waals surface area contributed by atoms with Crippen molar-refractivity contribution in [3.8, 4) is 0 Å². The zero-order chi connectivity index (χ0) is 15.1. The number of allylic oxidation sites excluding steroid dienone is 2. The van der Waals surface area contributed by atoms with Gasteiger partial charge in [-0.2, -0.15) is 0 Å². The second kappa shape index (κ2) is 4.97. The molecular formula is C13H17N3O3S. The van der Waals surface area contributed by atoms with Gasteiger partial charge >= 0.3 is 5.00 Å². The SMILES string of the molecule is CC(C)=CC1C(C(=O)Nc2ncc([N+](=O)[O-])s2)C1(C)C. The molecule has 0 aromatic carbocycles. The lowest BCUT2D eigenvalue weighted by atomic mass is 10.1. The van der Waals surface area contributed by atoms with E-state index in [9.17, 15) is 14.9 Å². The Hall–Kier alpha value is -1.76. The summed E-state index contributed by atoms with van der Waals surface area (Å²) in [7, 11) is 0. The zero-order valence-corrected chi connectivity index (χ0v) is 12.7. The summed E-state index contributed by atoms with van der Waals surface area (Å²) < 4.78 is 0. The summed E-state index contributed by atoms with van der Waals surface area (Å²) in [5, 5.41) is 13.5. The summed E-state index contributed by atoms with van der Waals surface area (Å²) in [5.74, 6) is -0.0236. The van der Waals surface area contributed by atoms with E-state index in [1.54, 1.807) is 0 Å². The van der Waals surface area contributed by atoms with Crippen LogP contribution in [0.5, 0.6) is 0 Å². The second-order valence-corrected chi connectivity index (χ2v) is 6.83. The van der Waals surface area contributed by atoms with Crippen LogP contribution in [0.3, 0.4) is 0 Å². The highest BCUT2D eigenvalue weighted by molar-refractivity contribution is 7.18. The molecule has 7 heteroatoms. The molecule has 0 radical (unpaired) electrons. The number of carbonyl (C=O) groups excluding carboxylic acids is 1. The number of nitro groups is 1. The van der Waals surface area contributed by atoms with E-state index in [0.29, 0.717) is 0 Å². The minimum Gasteiger partial charge on any atom is -0.302 e. The van der Waals surface area contributed by atoms with Crippen LogP contribution in [0.25, 0.3) is 0 Å². The molecular weight excluding hydrogens is 278 g/mol. The maximum absolute atomic E-state index is 12.2. The number of hydrogen-bond acceptors (Lipinski definition) is 5. The lowest BCUT2D eigenvalue weighted by molar-refractivity contribution is -0.380. The fourth-order valence-electron chi connectivity index (χ4n) is 2.44. The molecule has 1 N–H and O–H groups in total. The van der Waals surface area contributed by atoms with Crippen LogP contribution in [0.4, 0.5) is 10.1 Å². The third kappa shape index (κ3) is 2.72. The van der Waals surface area contributed by atoms with Gasteiger partial charge in [0.2, 0.25) is 5.91 Å². The van der Waals surface area contributed by atoms with Gasteiger partial charge in [-0.3, -0.25) is 14.9 Å². The fraction of sp³-hybridized carbons (Fsp3) is 0.538. The number of rotatable bonds is 4. The van der Waals surface area contributed by atoms with Crippen molar-refractivity contribution < 1.29 is 9.72 Å². The molecule has 6 nitrogen and oxygen atoms in total. The van der Waals surface area contributed by atoms with Crippen molar-refractivity contribution in [2.45, 2.75) is 27.7 Å². The Bertz CT molecular complexity index is 587. The topological polar surface area (TPSA) is 85.1 Å². The molecule has 2 rings (SSSR count). The number of thiazole rings is 1. The molecule has 1 aliphatic rings. The van der Waals surface area contributed by atoms with Gasteiger partial charge in [0.25, 0.3) is 0 Å². The van der Waals surface area contributed by atoms with Gasteiger partial charge in [-0.15, -0.1) is 0 Å². The van der Waals surface area contributed by atoms with Gasteiger partial charge in [-0.1, -0.05) is 25.5 Å². The predicted octanol–water partition coefficient (Wildman–Crippen LogP) is 3.23. The number of aromatic nitrogens is 1. The number of hydrogen-bond donors (Lipinski definition) is 1. The number of anilines is 1. The first-order valence-corrected chi connectivity index (χ1v) is 7.11. The monoisotopic (exact) mass is 295 g/mol. The Kier molecular flexibility index (Phi) is 3.64. The predicted molar refractivity (Wildman–Crippen MR) is 77.6 cm³/mol. The Balaban J connectivity index is 2.06. The molecule has 0 spiro atoms. The lowest BCUT2D eigenvalue weighted by Crippen LogP contribution is -2.16. The number of amides is 1. The lowest BCUT2D eigenvalue weighted by Gasteiger charge is -2.02. The molecule has 0 aliphatic heterocycles. The van der Waals surface area contributed by atoms with Crippen LogP contribution in [0.2, 0.25) is 0 Å². The molecule has 2 atom stereocenters. The molecule has 2 unspecified atom stereocenters. The third-order valence-corrected chi connectivity index (χ3v) is 4.47. The maximum Gasteiger partial charge on any atom is 0.345 e. The van der Waals surface area contributed by atoms with Gasteiger partial charge < -0.3 is 5.32 Å². The van der Waals surface area contributed by atoms with E-state index in [1.165, 1.54) is 5.57 Å². The van der Waals surface area contributed by atoms with Crippen molar-refractivity contribution in [1.82, 2.24) is 4.98 Å². The molecule has 0 bridgehead atoms. The van der Waals surface area contributed by atoms with Gasteiger partial charge in [0.05, 0.1) is 10.8 Å². The van der Waals surface area contributed by atoms with Crippen molar-refractivity contribution in [2.24, 2.45) is 17.3 Å². The molecule has 1 saturated carbocycles. The molecule has 108 valence electrons. The van der Waals surface area contributed by atoms with Gasteiger partial charge in [0.1, 0.15) is 6.20 Å². The van der Waals surface area contributed by atoms with Gasteiger partial charge in [0.15, 0.2) is 5.13 Å². The van der Waals surface area contributed by atoms with Crippen LogP contribution in [0, 0.1) is 27.4 Å². The average molecular weight is 295 g/mol. The van der Waals surface area contributed by atoms with Crippen LogP contribution < -0.4 is 5.32 Å². The quantitative estimate of drug-likeness (QED) is 0.525. The van der Waals surface area contributed by atoms with Crippen molar-refractivity contribution >= 4 is 27.4 Å². The highest BCUT2D eigenvalue weighted by Gasteiger charge is 2.60. The number of nitrogens with one attached hydrogen (secondary N) is 1. The van der Waals surface area contributed by atoms with Crippen LogP contribution in [0.1, 0.15) is 27.7 Å². The molecule has 1 fully saturated rings. The van der Waals surface area contributed by atoms with E-state index in [-0.39, 0.29) is 33.3 Å². The van der Waals surface area contributed by atoms with Crippen LogP contribution >= 0.6 is 11.3 Å². The second-order valence-electron chi connectivity index (χ2n) is 5.82. The first-order chi connectivity index (χ1) is 9.23. The first kappa shape index (κ1) is 14.6. The minimum absolute atomic E-state index is 0.0730. The van der Waals surface area contributed by atoms with Crippen LogP contribution in [-0.4, -0.2) is 15.8 Å². The Morgan fingerprint density at radius 2 is 2.20 bits per heavy atom. The standard InChI is InChI=1S/C13H17N3O3S/c1-7(2)5-8-10(13(8,3)4)11(17)15-12-14-6-9(20-12)16(18)19/h5-6,8,10H,1-4H3,(H,14,15,17). The maximum atomic E-state index is 12.2. The van der Waals surface area contributed by atoms with Crippen molar-refractivity contribution in [3.05, 3.63) is 28.0 Å². The van der Waals surface area contributed by atoms with Crippen LogP contribution in [0.15, 0.2) is 17.8 Å². The smallest absolute Gasteiger partial charge is 0.302 e. The van der Waals surface area contributed by atoms with Gasteiger partial charge in [-0.25, -0.2) is 4.98 Å². The van der Waals surface area contributed by atoms with E-state index in [1.807, 2.05) is 27.7 Å². The molecule has 1 amide bonds. The summed E-state index contributed by atoms with van der Waals surface area (Å²) in [5.41, 5.74) is 1.10. The molecule has 20 heavy (non-hydrogen) atoms. The Labute approximate surface area is 121 Å². The fourth-order valence-corrected chi connectivity index (χ4v) is 3.07. The zero-order valence-electron chi connectivity index (χ0n) is 11.8. The van der Waals surface area contributed by atoms with Crippen molar-refractivity contribution in [3.63, 3.8) is 0 Å². The highest BCUT2D eigenvalue weighted by Crippen LogP contribution is 2.59. The normalized spacial score (nSPS) is 23.0. The van der Waals surface area contributed by atoms with E-state index >= 15 is 0 Å². The van der Waals surface area contributed by atoms with E-state index < -0.39 is 4.92 Å². The number of nitrogens with zero attached hydrogens (tertiary/aromatic N) is 2. The van der Waals surface area contributed by atoms with Crippen molar-refractivity contribution in [2.75, 3.05) is 5.32 Å². The average Bonchev–Trinajstić information content (AvgIpc) is 2.71. The molecule has 1 aromatic rings. The molecule has 0 saturated heterocycles. The van der Waals surface area contributed by atoms with E-state index in [2.05, 4.69) is 16.4 Å². The Morgan fingerprint density at radius 1 is 1.55 bits per heavy atom. The summed E-state index contributed by atoms with van der Waals surface area (Å²) >= 11 is 0.872. The van der Waals surface area contributed by atoms with Crippen molar-refractivity contribution in [1.29, 1.82) is 0 Å².